The fourth-order valence-electron chi connectivity index (χ4n) is 3.03. The second kappa shape index (κ2) is 8.04. The number of carbonyl (C=O) groups excluding carboxylic acids is 1. The van der Waals surface area contributed by atoms with Crippen LogP contribution in [0, 0.1) is 0 Å². The third-order valence-corrected chi connectivity index (χ3v) is 4.54. The molecule has 2 aromatic rings. The molecule has 136 valence electrons. The minimum atomic E-state index is -0.0558. The number of benzene rings is 2. The van der Waals surface area contributed by atoms with E-state index in [0.717, 1.165) is 16.9 Å². The monoisotopic (exact) mass is 351 g/mol. The third-order valence-electron chi connectivity index (χ3n) is 4.54. The van der Waals surface area contributed by atoms with E-state index in [2.05, 4.69) is 4.99 Å². The van der Waals surface area contributed by atoms with Crippen molar-refractivity contribution >= 4 is 12.4 Å². The maximum absolute atomic E-state index is 13.0. The smallest absolute Gasteiger partial charge is 0.325 e. The molecular weight excluding hydrogens is 326 g/mol. The number of hydrogen-bond acceptors (Lipinski definition) is 3. The Morgan fingerprint density at radius 3 is 2.69 bits per heavy atom. The van der Waals surface area contributed by atoms with Crippen LogP contribution in [0.4, 0.5) is 4.79 Å². The quantitative estimate of drug-likeness (QED) is 0.814. The van der Waals surface area contributed by atoms with Crippen LogP contribution in [0.2, 0.25) is 0 Å². The van der Waals surface area contributed by atoms with Crippen LogP contribution in [0.15, 0.2) is 59.6 Å². The van der Waals surface area contributed by atoms with E-state index >= 15 is 0 Å². The lowest BCUT2D eigenvalue weighted by Gasteiger charge is -2.30. The topological polar surface area (TPSA) is 45.1 Å². The van der Waals surface area contributed by atoms with Gasteiger partial charge in [0.1, 0.15) is 5.75 Å². The normalized spacial score (nSPS) is 16.2. The number of urea groups is 1. The van der Waals surface area contributed by atoms with E-state index in [0.29, 0.717) is 13.1 Å². The van der Waals surface area contributed by atoms with Gasteiger partial charge in [0.2, 0.25) is 0 Å². The molecule has 0 spiro atoms. The Morgan fingerprint density at radius 1 is 1.23 bits per heavy atom. The second-order valence-electron chi connectivity index (χ2n) is 6.70. The van der Waals surface area contributed by atoms with E-state index in [4.69, 9.17) is 4.74 Å². The zero-order valence-electron chi connectivity index (χ0n) is 15.5. The van der Waals surface area contributed by atoms with Crippen LogP contribution in [-0.4, -0.2) is 41.9 Å². The summed E-state index contributed by atoms with van der Waals surface area (Å²) in [7, 11) is 1.65. The van der Waals surface area contributed by atoms with Gasteiger partial charge in [-0.1, -0.05) is 42.5 Å². The van der Waals surface area contributed by atoms with E-state index < -0.39 is 0 Å². The summed E-state index contributed by atoms with van der Waals surface area (Å²) in [6.45, 7) is 5.21. The van der Waals surface area contributed by atoms with Crippen molar-refractivity contribution in [3.8, 4) is 5.75 Å². The summed E-state index contributed by atoms with van der Waals surface area (Å²) >= 11 is 0. The maximum Gasteiger partial charge on any atom is 0.325 e. The van der Waals surface area contributed by atoms with E-state index in [1.165, 1.54) is 0 Å². The summed E-state index contributed by atoms with van der Waals surface area (Å²) in [5, 5.41) is 0. The highest BCUT2D eigenvalue weighted by Crippen LogP contribution is 2.26. The number of ether oxygens (including phenoxy) is 1. The van der Waals surface area contributed by atoms with E-state index in [1.807, 2.05) is 73.3 Å². The van der Waals surface area contributed by atoms with Crippen LogP contribution >= 0.6 is 0 Å². The lowest BCUT2D eigenvalue weighted by molar-refractivity contribution is 0.159. The van der Waals surface area contributed by atoms with E-state index in [-0.39, 0.29) is 18.1 Å². The number of carbonyl (C=O) groups is 1. The molecule has 0 aliphatic carbocycles. The largest absolute Gasteiger partial charge is 0.497 e. The number of rotatable bonds is 5. The lowest BCUT2D eigenvalue weighted by Crippen LogP contribution is -2.45. The molecule has 1 atom stereocenters. The van der Waals surface area contributed by atoms with Crippen molar-refractivity contribution in [2.24, 2.45) is 4.99 Å². The van der Waals surface area contributed by atoms with Crippen LogP contribution in [0.25, 0.3) is 0 Å². The Hall–Kier alpha value is -2.82. The summed E-state index contributed by atoms with van der Waals surface area (Å²) < 4.78 is 5.28. The summed E-state index contributed by atoms with van der Waals surface area (Å²) in [6.07, 6.45) is 1.66. The SMILES string of the molecule is COc1cccc(C2CN(C(=O)N(Cc3ccccc3)C(C)C)C=N2)c1. The van der Waals surface area contributed by atoms with Crippen LogP contribution < -0.4 is 4.74 Å². The van der Waals surface area contributed by atoms with Gasteiger partial charge >= 0.3 is 6.03 Å². The molecule has 3 rings (SSSR count). The molecule has 0 aromatic heterocycles. The first kappa shape index (κ1) is 18.0. The average Bonchev–Trinajstić information content (AvgIpc) is 3.16. The first-order chi connectivity index (χ1) is 12.6. The van der Waals surface area contributed by atoms with Crippen molar-refractivity contribution in [2.75, 3.05) is 13.7 Å². The first-order valence-corrected chi connectivity index (χ1v) is 8.87. The Morgan fingerprint density at radius 2 is 2.00 bits per heavy atom. The molecule has 0 radical (unpaired) electrons. The molecule has 5 nitrogen and oxygen atoms in total. The van der Waals surface area contributed by atoms with Gasteiger partial charge in [-0.3, -0.25) is 9.89 Å². The average molecular weight is 351 g/mol. The van der Waals surface area contributed by atoms with Gasteiger partial charge in [0, 0.05) is 12.6 Å². The van der Waals surface area contributed by atoms with Crippen molar-refractivity contribution < 1.29 is 9.53 Å². The predicted octanol–water partition coefficient (Wildman–Crippen LogP) is 4.11. The Labute approximate surface area is 154 Å². The predicted molar refractivity (Wildman–Crippen MR) is 103 cm³/mol. The van der Waals surface area contributed by atoms with Gasteiger partial charge in [0.25, 0.3) is 0 Å². The number of amides is 2. The zero-order chi connectivity index (χ0) is 18.5. The number of methoxy groups -OCH3 is 1. The van der Waals surface area contributed by atoms with Gasteiger partial charge in [-0.05, 0) is 37.1 Å². The molecule has 1 aliphatic rings. The van der Waals surface area contributed by atoms with Gasteiger partial charge in [-0.25, -0.2) is 4.79 Å². The fourth-order valence-corrected chi connectivity index (χ4v) is 3.03. The Bertz CT molecular complexity index is 774. The first-order valence-electron chi connectivity index (χ1n) is 8.87. The highest BCUT2D eigenvalue weighted by molar-refractivity contribution is 5.88. The minimum absolute atomic E-state index is 0.0157. The highest BCUT2D eigenvalue weighted by Gasteiger charge is 2.28. The van der Waals surface area contributed by atoms with E-state index in [9.17, 15) is 4.79 Å². The third kappa shape index (κ3) is 4.04. The summed E-state index contributed by atoms with van der Waals surface area (Å²) in [5.41, 5.74) is 2.17. The van der Waals surface area contributed by atoms with Gasteiger partial charge in [0.05, 0.1) is 26.0 Å². The minimum Gasteiger partial charge on any atom is -0.497 e. The van der Waals surface area contributed by atoms with Gasteiger partial charge < -0.3 is 9.64 Å². The van der Waals surface area contributed by atoms with Crippen LogP contribution in [0.3, 0.4) is 0 Å². The number of aliphatic imine (C=N–C) groups is 1. The van der Waals surface area contributed by atoms with Crippen LogP contribution in [0.5, 0.6) is 5.75 Å². The zero-order valence-corrected chi connectivity index (χ0v) is 15.5. The molecule has 0 saturated heterocycles. The van der Waals surface area contributed by atoms with Crippen LogP contribution in [0.1, 0.15) is 31.0 Å². The Kier molecular flexibility index (Phi) is 5.56. The summed E-state index contributed by atoms with van der Waals surface area (Å²) in [6, 6.07) is 17.9. The standard InChI is InChI=1S/C21H25N3O2/c1-16(2)24(13-17-8-5-4-6-9-17)21(25)23-14-20(22-15-23)18-10-7-11-19(12-18)26-3/h4-12,15-16,20H,13-14H2,1-3H3. The van der Waals surface area contributed by atoms with E-state index in [1.54, 1.807) is 18.3 Å². The molecule has 0 bridgehead atoms. The molecule has 2 amide bonds. The van der Waals surface area contributed by atoms with Gasteiger partial charge in [0.15, 0.2) is 0 Å². The highest BCUT2D eigenvalue weighted by atomic mass is 16.5. The summed E-state index contributed by atoms with van der Waals surface area (Å²) in [5.74, 6) is 0.801. The number of nitrogens with zero attached hydrogens (tertiary/aromatic N) is 3. The van der Waals surface area contributed by atoms with Gasteiger partial charge in [-0.15, -0.1) is 0 Å². The molecule has 5 heteroatoms. The van der Waals surface area contributed by atoms with Crippen LogP contribution in [-0.2, 0) is 6.54 Å². The molecule has 0 saturated carbocycles. The molecule has 0 fully saturated rings. The molecule has 0 N–H and O–H groups in total. The summed E-state index contributed by atoms with van der Waals surface area (Å²) in [4.78, 5) is 21.1. The molecule has 2 aromatic carbocycles. The number of hydrogen-bond donors (Lipinski definition) is 0. The van der Waals surface area contributed by atoms with Crippen molar-refractivity contribution in [1.82, 2.24) is 9.80 Å². The Balaban J connectivity index is 1.70. The molecule has 1 heterocycles. The van der Waals surface area contributed by atoms with Gasteiger partial charge in [-0.2, -0.15) is 0 Å². The molecule has 1 aliphatic heterocycles. The second-order valence-corrected chi connectivity index (χ2v) is 6.70. The fraction of sp³-hybridized carbons (Fsp3) is 0.333. The maximum atomic E-state index is 13.0. The van der Waals surface area contributed by atoms with Crippen molar-refractivity contribution in [3.05, 3.63) is 65.7 Å². The molecule has 26 heavy (non-hydrogen) atoms. The molecule has 1 unspecified atom stereocenters. The molecular formula is C21H25N3O2. The lowest BCUT2D eigenvalue weighted by atomic mass is 10.1. The van der Waals surface area contributed by atoms with Crippen molar-refractivity contribution in [3.63, 3.8) is 0 Å². The van der Waals surface area contributed by atoms with Crippen molar-refractivity contribution in [1.29, 1.82) is 0 Å². The van der Waals surface area contributed by atoms with Crippen molar-refractivity contribution in [2.45, 2.75) is 32.5 Å².